The highest BCUT2D eigenvalue weighted by molar-refractivity contribution is 9.10. The van der Waals surface area contributed by atoms with E-state index in [1.165, 1.54) is 32.4 Å². The summed E-state index contributed by atoms with van der Waals surface area (Å²) in [4.78, 5) is 1.92. The number of piperidine rings is 1. The third-order valence-corrected chi connectivity index (χ3v) is 6.16. The summed E-state index contributed by atoms with van der Waals surface area (Å²) in [6.45, 7) is 4.03. The number of nitrogens with one attached hydrogen (secondary N) is 2. The molecule has 2 N–H and O–H groups in total. The quantitative estimate of drug-likeness (QED) is 0.747. The van der Waals surface area contributed by atoms with Crippen LogP contribution in [0.3, 0.4) is 0 Å². The molecule has 0 amide bonds. The Morgan fingerprint density at radius 2 is 1.85 bits per heavy atom. The maximum Gasteiger partial charge on any atom is 0.241 e. The van der Waals surface area contributed by atoms with Crippen molar-refractivity contribution in [1.29, 1.82) is 0 Å². The summed E-state index contributed by atoms with van der Waals surface area (Å²) in [5.74, 6) is 0. The highest BCUT2D eigenvalue weighted by atomic mass is 79.9. The van der Waals surface area contributed by atoms with Crippen LogP contribution < -0.4 is 9.62 Å². The van der Waals surface area contributed by atoms with Crippen molar-refractivity contribution in [1.82, 2.24) is 4.72 Å². The molecule has 0 saturated carbocycles. The monoisotopic (exact) mass is 361 g/mol. The van der Waals surface area contributed by atoms with Gasteiger partial charge in [-0.3, -0.25) is 0 Å². The molecule has 4 nitrogen and oxygen atoms in total. The van der Waals surface area contributed by atoms with Crippen molar-refractivity contribution in [3.8, 4) is 0 Å². The molecule has 0 spiro atoms. The highest BCUT2D eigenvalue weighted by Gasteiger charge is 2.17. The van der Waals surface area contributed by atoms with Crippen LogP contribution in [-0.2, 0) is 10.0 Å². The first-order valence-corrected chi connectivity index (χ1v) is 9.45. The lowest BCUT2D eigenvalue weighted by molar-refractivity contribution is -0.904. The van der Waals surface area contributed by atoms with E-state index in [4.69, 9.17) is 0 Å². The van der Waals surface area contributed by atoms with E-state index >= 15 is 0 Å². The summed E-state index contributed by atoms with van der Waals surface area (Å²) in [6, 6.07) is 6.90. The third-order valence-electron chi connectivity index (χ3n) is 3.69. The van der Waals surface area contributed by atoms with Gasteiger partial charge in [-0.15, -0.1) is 0 Å². The maximum absolute atomic E-state index is 12.2. The lowest BCUT2D eigenvalue weighted by Gasteiger charge is -2.23. The second kappa shape index (κ2) is 7.54. The normalized spacial score (nSPS) is 17.2. The minimum atomic E-state index is -3.40. The van der Waals surface area contributed by atoms with E-state index in [2.05, 4.69) is 20.7 Å². The number of hydrogen-bond acceptors (Lipinski definition) is 2. The van der Waals surface area contributed by atoms with Crippen molar-refractivity contribution < 1.29 is 13.3 Å². The van der Waals surface area contributed by atoms with Gasteiger partial charge in [-0.25, -0.2) is 13.1 Å². The summed E-state index contributed by atoms with van der Waals surface area (Å²) >= 11 is 3.28. The Bertz CT molecular complexity index is 528. The van der Waals surface area contributed by atoms with Crippen LogP contribution in [0.15, 0.2) is 33.6 Å². The molecule has 2 rings (SSSR count). The van der Waals surface area contributed by atoms with Crippen LogP contribution in [0.4, 0.5) is 0 Å². The summed E-state index contributed by atoms with van der Waals surface area (Å²) in [7, 11) is -3.40. The summed E-state index contributed by atoms with van der Waals surface area (Å²) in [6.07, 6.45) is 4.84. The fraction of sp³-hybridized carbons (Fsp3) is 0.571. The Balaban J connectivity index is 1.79. The van der Waals surface area contributed by atoms with Crippen LogP contribution in [-0.4, -0.2) is 34.6 Å². The van der Waals surface area contributed by atoms with Crippen LogP contribution in [0, 0.1) is 0 Å². The Labute approximate surface area is 129 Å². The Morgan fingerprint density at radius 1 is 1.15 bits per heavy atom. The maximum atomic E-state index is 12.2. The SMILES string of the molecule is O=S(=O)(NCCC[NH+]1CCCCC1)c1ccccc1Br. The van der Waals surface area contributed by atoms with E-state index in [0.717, 1.165) is 13.0 Å². The van der Waals surface area contributed by atoms with E-state index in [1.807, 2.05) is 6.07 Å². The molecule has 0 aliphatic carbocycles. The van der Waals surface area contributed by atoms with Crippen LogP contribution in [0.5, 0.6) is 0 Å². The molecule has 1 aliphatic rings. The molecule has 1 fully saturated rings. The van der Waals surface area contributed by atoms with Crippen molar-refractivity contribution in [2.45, 2.75) is 30.6 Å². The molecular weight excluding hydrogens is 340 g/mol. The average molecular weight is 362 g/mol. The minimum absolute atomic E-state index is 0.310. The van der Waals surface area contributed by atoms with Crippen LogP contribution >= 0.6 is 15.9 Å². The largest absolute Gasteiger partial charge is 0.335 e. The number of halogens is 1. The van der Waals surface area contributed by atoms with E-state index in [0.29, 0.717) is 15.9 Å². The van der Waals surface area contributed by atoms with E-state index in [-0.39, 0.29) is 0 Å². The molecule has 1 aliphatic heterocycles. The van der Waals surface area contributed by atoms with Gasteiger partial charge >= 0.3 is 0 Å². The van der Waals surface area contributed by atoms with Crippen LogP contribution in [0.25, 0.3) is 0 Å². The molecule has 0 bridgehead atoms. The van der Waals surface area contributed by atoms with Gasteiger partial charge in [-0.2, -0.15) is 0 Å². The summed E-state index contributed by atoms with van der Waals surface area (Å²) in [5.41, 5.74) is 0. The minimum Gasteiger partial charge on any atom is -0.335 e. The first-order chi connectivity index (χ1) is 9.59. The van der Waals surface area contributed by atoms with Crippen molar-refractivity contribution in [3.05, 3.63) is 28.7 Å². The molecule has 0 aromatic heterocycles. The molecule has 0 atom stereocenters. The van der Waals surface area contributed by atoms with Crippen molar-refractivity contribution >= 4 is 26.0 Å². The lowest BCUT2D eigenvalue weighted by atomic mass is 10.1. The molecule has 1 saturated heterocycles. The van der Waals surface area contributed by atoms with E-state index < -0.39 is 10.0 Å². The van der Waals surface area contributed by atoms with Crippen molar-refractivity contribution in [2.24, 2.45) is 0 Å². The smallest absolute Gasteiger partial charge is 0.241 e. The van der Waals surface area contributed by atoms with Gasteiger partial charge in [0.15, 0.2) is 0 Å². The van der Waals surface area contributed by atoms with Gasteiger partial charge in [-0.05, 0) is 47.3 Å². The number of rotatable bonds is 6. The average Bonchev–Trinajstić information content (AvgIpc) is 2.45. The van der Waals surface area contributed by atoms with E-state index in [1.54, 1.807) is 23.1 Å². The van der Waals surface area contributed by atoms with Gasteiger partial charge in [0.1, 0.15) is 0 Å². The lowest BCUT2D eigenvalue weighted by Crippen LogP contribution is -3.12. The molecule has 112 valence electrons. The molecule has 0 unspecified atom stereocenters. The van der Waals surface area contributed by atoms with Crippen LogP contribution in [0.1, 0.15) is 25.7 Å². The van der Waals surface area contributed by atoms with Crippen LogP contribution in [0.2, 0.25) is 0 Å². The number of sulfonamides is 1. The fourth-order valence-corrected chi connectivity index (χ4v) is 4.66. The summed E-state index contributed by atoms with van der Waals surface area (Å²) < 4.78 is 27.6. The Kier molecular flexibility index (Phi) is 6.01. The molecular formula is C14H22BrN2O2S+. The van der Waals surface area contributed by atoms with Crippen molar-refractivity contribution in [2.75, 3.05) is 26.2 Å². The van der Waals surface area contributed by atoms with Gasteiger partial charge in [0, 0.05) is 17.4 Å². The van der Waals surface area contributed by atoms with E-state index in [9.17, 15) is 8.42 Å². The summed E-state index contributed by atoms with van der Waals surface area (Å²) in [5, 5.41) is 0. The van der Waals surface area contributed by atoms with Gasteiger partial charge in [0.25, 0.3) is 0 Å². The fourth-order valence-electron chi connectivity index (χ4n) is 2.59. The third kappa shape index (κ3) is 4.55. The van der Waals surface area contributed by atoms with Crippen molar-refractivity contribution in [3.63, 3.8) is 0 Å². The first-order valence-electron chi connectivity index (χ1n) is 7.17. The van der Waals surface area contributed by atoms with Gasteiger partial charge in [-0.1, -0.05) is 12.1 Å². The Hall–Kier alpha value is -0.430. The zero-order valence-corrected chi connectivity index (χ0v) is 14.0. The molecule has 6 heteroatoms. The van der Waals surface area contributed by atoms with Gasteiger partial charge < -0.3 is 4.90 Å². The number of hydrogen-bond donors (Lipinski definition) is 2. The molecule has 1 aromatic rings. The predicted molar refractivity (Wildman–Crippen MR) is 83.4 cm³/mol. The Morgan fingerprint density at radius 3 is 2.55 bits per heavy atom. The molecule has 20 heavy (non-hydrogen) atoms. The second-order valence-electron chi connectivity index (χ2n) is 5.24. The highest BCUT2D eigenvalue weighted by Crippen LogP contribution is 2.20. The molecule has 0 radical (unpaired) electrons. The second-order valence-corrected chi connectivity index (χ2v) is 7.83. The number of quaternary nitrogens is 1. The topological polar surface area (TPSA) is 50.6 Å². The molecule has 1 aromatic carbocycles. The first kappa shape index (κ1) is 15.9. The predicted octanol–water partition coefficient (Wildman–Crippen LogP) is 1.19. The van der Waals surface area contributed by atoms with Gasteiger partial charge in [0.2, 0.25) is 10.0 Å². The zero-order valence-electron chi connectivity index (χ0n) is 11.6. The zero-order chi connectivity index (χ0) is 14.4. The number of benzene rings is 1. The molecule has 1 heterocycles. The van der Waals surface area contributed by atoms with Gasteiger partial charge in [0.05, 0.1) is 24.5 Å². The standard InChI is InChI=1S/C14H21BrN2O2S/c15-13-7-2-3-8-14(13)20(18,19)16-9-6-12-17-10-4-1-5-11-17/h2-3,7-8,16H,1,4-6,9-12H2/p+1. The number of likely N-dealkylation sites (tertiary alicyclic amines) is 1.